The van der Waals surface area contributed by atoms with E-state index in [-0.39, 0.29) is 5.95 Å². The van der Waals surface area contributed by atoms with Crippen molar-refractivity contribution in [1.82, 2.24) is 20.1 Å². The third kappa shape index (κ3) is 4.09. The molecule has 0 aliphatic heterocycles. The largest absolute Gasteiger partial charge is 0.370 e. The van der Waals surface area contributed by atoms with Crippen molar-refractivity contribution in [3.8, 4) is 0 Å². The lowest BCUT2D eigenvalue weighted by Crippen LogP contribution is -2.11. The molecule has 0 saturated heterocycles. The van der Waals surface area contributed by atoms with E-state index in [4.69, 9.17) is 5.73 Å². The number of nitrogen functional groups attached to an aromatic ring is 1. The van der Waals surface area contributed by atoms with Gasteiger partial charge in [0.05, 0.1) is 0 Å². The molecule has 2 rings (SSSR count). The van der Waals surface area contributed by atoms with Gasteiger partial charge in [0.15, 0.2) is 5.82 Å². The number of nitrogens with zero attached hydrogens (tertiary/aromatic N) is 4. The molecule has 8 heteroatoms. The lowest BCUT2D eigenvalue weighted by Gasteiger charge is -2.08. The van der Waals surface area contributed by atoms with Crippen LogP contribution in [-0.2, 0) is 6.42 Å². The van der Waals surface area contributed by atoms with Gasteiger partial charge in [0.2, 0.25) is 12.3 Å². The first-order valence-corrected chi connectivity index (χ1v) is 6.15. The molecule has 2 aromatic rings. The van der Waals surface area contributed by atoms with Crippen LogP contribution in [0.15, 0.2) is 17.0 Å². The van der Waals surface area contributed by atoms with E-state index in [1.165, 1.54) is 6.39 Å². The second kappa shape index (κ2) is 6.53. The maximum absolute atomic E-state index is 5.66. The highest BCUT2D eigenvalue weighted by molar-refractivity contribution is 5.50. The quantitative estimate of drug-likeness (QED) is 0.675. The molecule has 0 saturated carbocycles. The zero-order chi connectivity index (χ0) is 13.5. The highest BCUT2D eigenvalue weighted by Crippen LogP contribution is 2.12. The molecule has 0 aliphatic carbocycles. The summed E-state index contributed by atoms with van der Waals surface area (Å²) in [5.41, 5.74) is 5.66. The minimum atomic E-state index is 0.239. The fourth-order valence-corrected chi connectivity index (χ4v) is 1.51. The number of hydrogen-bond acceptors (Lipinski definition) is 8. The number of aromatic nitrogens is 4. The summed E-state index contributed by atoms with van der Waals surface area (Å²) in [4.78, 5) is 12.2. The monoisotopic (exact) mass is 263 g/mol. The van der Waals surface area contributed by atoms with Crippen LogP contribution in [0, 0.1) is 0 Å². The van der Waals surface area contributed by atoms with E-state index in [1.54, 1.807) is 0 Å². The fraction of sp³-hybridized carbons (Fsp3) is 0.455. The van der Waals surface area contributed by atoms with Crippen LogP contribution in [0.25, 0.3) is 0 Å². The smallest absolute Gasteiger partial charge is 0.223 e. The third-order valence-electron chi connectivity index (χ3n) is 2.36. The Kier molecular flexibility index (Phi) is 4.49. The number of rotatable bonds is 7. The first-order valence-electron chi connectivity index (χ1n) is 6.15. The van der Waals surface area contributed by atoms with Crippen molar-refractivity contribution in [1.29, 1.82) is 0 Å². The summed E-state index contributed by atoms with van der Waals surface area (Å²) in [5, 5.41) is 10.0. The van der Waals surface area contributed by atoms with Crippen molar-refractivity contribution >= 4 is 17.6 Å². The Morgan fingerprint density at radius 2 is 1.95 bits per heavy atom. The van der Waals surface area contributed by atoms with Gasteiger partial charge in [0.1, 0.15) is 11.6 Å². The summed E-state index contributed by atoms with van der Waals surface area (Å²) in [6.07, 6.45) is 2.98. The molecule has 2 aromatic heterocycles. The standard InChI is InChI=1S/C11H17N7O/c1-2-4-13-9-6-10(17-11(12)16-9)14-5-3-8-15-7-19-18-8/h6-7H,2-5H2,1H3,(H4,12,13,14,16,17). The molecular weight excluding hydrogens is 246 g/mol. The van der Waals surface area contributed by atoms with Gasteiger partial charge in [-0.25, -0.2) is 0 Å². The number of anilines is 3. The first-order chi connectivity index (χ1) is 9.28. The van der Waals surface area contributed by atoms with Crippen molar-refractivity contribution in [2.24, 2.45) is 0 Å². The summed E-state index contributed by atoms with van der Waals surface area (Å²) < 4.78 is 4.66. The molecule has 0 bridgehead atoms. The summed E-state index contributed by atoms with van der Waals surface area (Å²) >= 11 is 0. The number of nitrogens with one attached hydrogen (secondary N) is 2. The number of nitrogens with two attached hydrogens (primary N) is 1. The van der Waals surface area contributed by atoms with Gasteiger partial charge in [-0.2, -0.15) is 15.0 Å². The average molecular weight is 263 g/mol. The molecule has 8 nitrogen and oxygen atoms in total. The lowest BCUT2D eigenvalue weighted by molar-refractivity contribution is 0.410. The minimum absolute atomic E-state index is 0.239. The van der Waals surface area contributed by atoms with Crippen LogP contribution in [0.2, 0.25) is 0 Å². The van der Waals surface area contributed by atoms with Crippen molar-refractivity contribution in [3.05, 3.63) is 18.3 Å². The van der Waals surface area contributed by atoms with Crippen molar-refractivity contribution in [2.75, 3.05) is 29.5 Å². The van der Waals surface area contributed by atoms with Gasteiger partial charge in [-0.1, -0.05) is 12.1 Å². The van der Waals surface area contributed by atoms with E-state index >= 15 is 0 Å². The maximum Gasteiger partial charge on any atom is 0.223 e. The molecule has 0 atom stereocenters. The van der Waals surface area contributed by atoms with Crippen LogP contribution < -0.4 is 16.4 Å². The van der Waals surface area contributed by atoms with Crippen molar-refractivity contribution in [3.63, 3.8) is 0 Å². The fourth-order valence-electron chi connectivity index (χ4n) is 1.51. The molecule has 0 fully saturated rings. The summed E-state index contributed by atoms with van der Waals surface area (Å²) in [6.45, 7) is 3.57. The lowest BCUT2D eigenvalue weighted by atomic mass is 10.4. The first kappa shape index (κ1) is 13.1. The highest BCUT2D eigenvalue weighted by Gasteiger charge is 2.03. The summed E-state index contributed by atoms with van der Waals surface area (Å²) in [5.74, 6) is 2.29. The zero-order valence-corrected chi connectivity index (χ0v) is 10.8. The van der Waals surface area contributed by atoms with Crippen LogP contribution >= 0.6 is 0 Å². The number of hydrogen-bond donors (Lipinski definition) is 3. The van der Waals surface area contributed by atoms with E-state index in [0.717, 1.165) is 18.8 Å². The Hall–Kier alpha value is -2.38. The Morgan fingerprint density at radius 3 is 2.58 bits per heavy atom. The van der Waals surface area contributed by atoms with Crippen LogP contribution in [0.5, 0.6) is 0 Å². The normalized spacial score (nSPS) is 10.4. The molecule has 0 radical (unpaired) electrons. The second-order valence-corrected chi connectivity index (χ2v) is 3.95. The molecule has 0 unspecified atom stereocenters. The Bertz CT molecular complexity index is 500. The van der Waals surface area contributed by atoms with Crippen molar-refractivity contribution in [2.45, 2.75) is 19.8 Å². The SMILES string of the molecule is CCCNc1cc(NCCc2ncon2)nc(N)n1. The van der Waals surface area contributed by atoms with E-state index in [0.29, 0.717) is 24.6 Å². The van der Waals surface area contributed by atoms with Gasteiger partial charge in [0.25, 0.3) is 0 Å². The summed E-state index contributed by atoms with van der Waals surface area (Å²) in [6, 6.07) is 1.82. The molecule has 102 valence electrons. The maximum atomic E-state index is 5.66. The predicted molar refractivity (Wildman–Crippen MR) is 71.7 cm³/mol. The molecular formula is C11H17N7O. The molecule has 0 amide bonds. The molecule has 2 heterocycles. The predicted octanol–water partition coefficient (Wildman–Crippen LogP) is 0.918. The molecule has 4 N–H and O–H groups in total. The Labute approximate surface area is 110 Å². The second-order valence-electron chi connectivity index (χ2n) is 3.95. The van der Waals surface area contributed by atoms with Gasteiger partial charge < -0.3 is 20.9 Å². The van der Waals surface area contributed by atoms with Gasteiger partial charge in [-0.3, -0.25) is 0 Å². The van der Waals surface area contributed by atoms with Gasteiger partial charge >= 0.3 is 0 Å². The van der Waals surface area contributed by atoms with E-state index in [9.17, 15) is 0 Å². The molecule has 0 aromatic carbocycles. The minimum Gasteiger partial charge on any atom is -0.370 e. The molecule has 0 aliphatic rings. The highest BCUT2D eigenvalue weighted by atomic mass is 16.5. The van der Waals surface area contributed by atoms with E-state index in [1.807, 2.05) is 6.07 Å². The van der Waals surface area contributed by atoms with Crippen LogP contribution in [-0.4, -0.2) is 33.2 Å². The van der Waals surface area contributed by atoms with Crippen LogP contribution in [0.3, 0.4) is 0 Å². The zero-order valence-electron chi connectivity index (χ0n) is 10.8. The van der Waals surface area contributed by atoms with Gasteiger partial charge in [-0.05, 0) is 6.42 Å². The summed E-state index contributed by atoms with van der Waals surface area (Å²) in [7, 11) is 0. The topological polar surface area (TPSA) is 115 Å². The van der Waals surface area contributed by atoms with E-state index in [2.05, 4.69) is 42.2 Å². The Morgan fingerprint density at radius 1 is 1.21 bits per heavy atom. The average Bonchev–Trinajstić information content (AvgIpc) is 2.89. The van der Waals surface area contributed by atoms with Gasteiger partial charge in [-0.15, -0.1) is 0 Å². The van der Waals surface area contributed by atoms with E-state index < -0.39 is 0 Å². The van der Waals surface area contributed by atoms with Crippen molar-refractivity contribution < 1.29 is 4.52 Å². The molecule has 19 heavy (non-hydrogen) atoms. The van der Waals surface area contributed by atoms with Gasteiger partial charge in [0, 0.05) is 25.6 Å². The van der Waals surface area contributed by atoms with Crippen LogP contribution in [0.4, 0.5) is 17.6 Å². The molecule has 0 spiro atoms. The third-order valence-corrected chi connectivity index (χ3v) is 2.36. The Balaban J connectivity index is 1.90. The van der Waals surface area contributed by atoms with Crippen LogP contribution in [0.1, 0.15) is 19.2 Å².